The van der Waals surface area contributed by atoms with Crippen LogP contribution < -0.4 is 5.32 Å². The maximum absolute atomic E-state index is 10.5. The topological polar surface area (TPSA) is 68.3 Å². The van der Waals surface area contributed by atoms with Crippen molar-refractivity contribution in [3.8, 4) is 0 Å². The van der Waals surface area contributed by atoms with E-state index in [9.17, 15) is 10.1 Å². The Hall–Kier alpha value is -1.66. The lowest BCUT2D eigenvalue weighted by molar-refractivity contribution is -0.402. The molecule has 6 heteroatoms. The van der Waals surface area contributed by atoms with Gasteiger partial charge in [-0.3, -0.25) is 10.1 Å². The molecule has 0 amide bonds. The molecule has 2 rings (SSSR count). The van der Waals surface area contributed by atoms with Crippen molar-refractivity contribution in [2.24, 2.45) is 0 Å². The predicted molar refractivity (Wildman–Crippen MR) is 74.8 cm³/mol. The quantitative estimate of drug-likeness (QED) is 0.670. The molecule has 0 radical (unpaired) electrons. The van der Waals surface area contributed by atoms with Crippen LogP contribution in [-0.4, -0.2) is 4.92 Å². The van der Waals surface area contributed by atoms with Gasteiger partial charge in [0, 0.05) is 10.5 Å². The largest absolute Gasteiger partial charge is 0.433 e. The highest BCUT2D eigenvalue weighted by Gasteiger charge is 2.12. The molecule has 0 aliphatic rings. The number of benzene rings is 1. The monoisotopic (exact) mass is 324 g/mol. The molecule has 1 aromatic heterocycles. The van der Waals surface area contributed by atoms with Crippen LogP contribution in [0.2, 0.25) is 0 Å². The molecule has 100 valence electrons. The highest BCUT2D eigenvalue weighted by atomic mass is 79.9. The minimum absolute atomic E-state index is 0.136. The second-order valence-corrected chi connectivity index (χ2v) is 5.07. The number of hydrogen-bond acceptors (Lipinski definition) is 4. The van der Waals surface area contributed by atoms with Gasteiger partial charge in [0.15, 0.2) is 0 Å². The molecule has 0 fully saturated rings. The Balaban J connectivity index is 1.94. The number of furan rings is 1. The van der Waals surface area contributed by atoms with Crippen molar-refractivity contribution in [2.75, 3.05) is 0 Å². The molecule has 2 aromatic rings. The Kier molecular flexibility index (Phi) is 4.34. The summed E-state index contributed by atoms with van der Waals surface area (Å²) >= 11 is 3.39. The van der Waals surface area contributed by atoms with E-state index in [1.165, 1.54) is 6.07 Å². The predicted octanol–water partition coefficient (Wildman–Crippen LogP) is 3.80. The van der Waals surface area contributed by atoms with Gasteiger partial charge in [-0.05, 0) is 30.7 Å². The molecule has 1 N–H and O–H groups in total. The number of nitro groups is 1. The Morgan fingerprint density at radius 2 is 2.00 bits per heavy atom. The summed E-state index contributed by atoms with van der Waals surface area (Å²) < 4.78 is 6.11. The van der Waals surface area contributed by atoms with Gasteiger partial charge in [0.05, 0.1) is 12.6 Å². The minimum atomic E-state index is -0.540. The highest BCUT2D eigenvalue weighted by Crippen LogP contribution is 2.19. The molecule has 0 aliphatic carbocycles. The van der Waals surface area contributed by atoms with Crippen molar-refractivity contribution in [3.63, 3.8) is 0 Å². The number of nitrogens with one attached hydrogen (secondary N) is 1. The summed E-state index contributed by atoms with van der Waals surface area (Å²) in [6.45, 7) is 2.48. The van der Waals surface area contributed by atoms with Gasteiger partial charge in [0.1, 0.15) is 10.7 Å². The molecule has 1 aromatic carbocycles. The van der Waals surface area contributed by atoms with Gasteiger partial charge in [-0.2, -0.15) is 0 Å². The lowest BCUT2D eigenvalue weighted by Crippen LogP contribution is -2.17. The minimum Gasteiger partial charge on any atom is -0.404 e. The van der Waals surface area contributed by atoms with Crippen LogP contribution in [0.15, 0.2) is 45.3 Å². The average molecular weight is 325 g/mol. The normalized spacial score (nSPS) is 12.3. The van der Waals surface area contributed by atoms with Crippen LogP contribution in [-0.2, 0) is 6.54 Å². The van der Waals surface area contributed by atoms with Crippen molar-refractivity contribution in [1.29, 1.82) is 0 Å². The molecule has 0 bridgehead atoms. The van der Waals surface area contributed by atoms with Crippen molar-refractivity contribution in [3.05, 3.63) is 62.3 Å². The lowest BCUT2D eigenvalue weighted by atomic mass is 10.1. The van der Waals surface area contributed by atoms with Crippen molar-refractivity contribution in [2.45, 2.75) is 19.5 Å². The van der Waals surface area contributed by atoms with Crippen LogP contribution in [0, 0.1) is 10.1 Å². The molecular formula is C13H13BrN2O3. The lowest BCUT2D eigenvalue weighted by Gasteiger charge is -2.13. The molecular weight excluding hydrogens is 312 g/mol. The first-order valence-electron chi connectivity index (χ1n) is 5.78. The molecule has 0 saturated carbocycles. The first-order valence-corrected chi connectivity index (χ1v) is 6.57. The van der Waals surface area contributed by atoms with Gasteiger partial charge in [-0.25, -0.2) is 0 Å². The third-order valence-corrected chi connectivity index (χ3v) is 3.31. The van der Waals surface area contributed by atoms with E-state index >= 15 is 0 Å². The van der Waals surface area contributed by atoms with E-state index in [0.717, 1.165) is 10.0 Å². The molecule has 19 heavy (non-hydrogen) atoms. The zero-order valence-corrected chi connectivity index (χ0v) is 11.9. The van der Waals surface area contributed by atoms with Gasteiger partial charge >= 0.3 is 5.88 Å². The summed E-state index contributed by atoms with van der Waals surface area (Å²) in [5, 5.41) is 13.7. The Morgan fingerprint density at radius 3 is 2.58 bits per heavy atom. The van der Waals surface area contributed by atoms with Gasteiger partial charge in [0.2, 0.25) is 0 Å². The summed E-state index contributed by atoms with van der Waals surface area (Å²) in [7, 11) is 0. The second kappa shape index (κ2) is 5.99. The standard InChI is InChI=1S/C13H13BrN2O3/c1-9(10-2-4-11(14)5-3-10)15-8-12-6-7-13(19-12)16(17)18/h2-7,9,15H,8H2,1H3/t9-/m0/s1. The van der Waals surface area contributed by atoms with Crippen LogP contribution in [0.1, 0.15) is 24.3 Å². The second-order valence-electron chi connectivity index (χ2n) is 4.15. The van der Waals surface area contributed by atoms with E-state index in [4.69, 9.17) is 4.42 Å². The highest BCUT2D eigenvalue weighted by molar-refractivity contribution is 9.10. The fraction of sp³-hybridized carbons (Fsp3) is 0.231. The van der Waals surface area contributed by atoms with Crippen LogP contribution in [0.3, 0.4) is 0 Å². The molecule has 0 aliphatic heterocycles. The van der Waals surface area contributed by atoms with E-state index in [1.807, 2.05) is 31.2 Å². The van der Waals surface area contributed by atoms with Crippen molar-refractivity contribution >= 4 is 21.8 Å². The van der Waals surface area contributed by atoms with Crippen molar-refractivity contribution < 1.29 is 9.34 Å². The van der Waals surface area contributed by atoms with Crippen LogP contribution >= 0.6 is 15.9 Å². The first-order chi connectivity index (χ1) is 9.06. The van der Waals surface area contributed by atoms with Gasteiger partial charge < -0.3 is 9.73 Å². The van der Waals surface area contributed by atoms with E-state index in [2.05, 4.69) is 21.2 Å². The molecule has 0 saturated heterocycles. The van der Waals surface area contributed by atoms with Crippen molar-refractivity contribution in [1.82, 2.24) is 5.32 Å². The van der Waals surface area contributed by atoms with Gasteiger partial charge in [0.25, 0.3) is 0 Å². The van der Waals surface area contributed by atoms with Crippen LogP contribution in [0.5, 0.6) is 0 Å². The number of halogens is 1. The Bertz CT molecular complexity index is 566. The number of nitrogens with zero attached hydrogens (tertiary/aromatic N) is 1. The third kappa shape index (κ3) is 3.65. The zero-order valence-electron chi connectivity index (χ0n) is 10.3. The fourth-order valence-electron chi connectivity index (χ4n) is 1.68. The van der Waals surface area contributed by atoms with E-state index in [0.29, 0.717) is 12.3 Å². The third-order valence-electron chi connectivity index (χ3n) is 2.78. The number of hydrogen-bond donors (Lipinski definition) is 1. The van der Waals surface area contributed by atoms with E-state index < -0.39 is 4.92 Å². The summed E-state index contributed by atoms with van der Waals surface area (Å²) in [5.41, 5.74) is 1.14. The maximum Gasteiger partial charge on any atom is 0.433 e. The molecule has 0 spiro atoms. The molecule has 0 unspecified atom stereocenters. The summed E-state index contributed by atoms with van der Waals surface area (Å²) in [4.78, 5) is 9.95. The summed E-state index contributed by atoms with van der Waals surface area (Å²) in [5.74, 6) is 0.323. The van der Waals surface area contributed by atoms with E-state index in [-0.39, 0.29) is 11.9 Å². The number of rotatable bonds is 5. The van der Waals surface area contributed by atoms with Crippen LogP contribution in [0.25, 0.3) is 0 Å². The van der Waals surface area contributed by atoms with Gasteiger partial charge in [-0.1, -0.05) is 28.1 Å². The summed E-state index contributed by atoms with van der Waals surface area (Å²) in [6.07, 6.45) is 0. The molecule has 5 nitrogen and oxygen atoms in total. The Labute approximate surface area is 118 Å². The average Bonchev–Trinajstić information content (AvgIpc) is 2.86. The van der Waals surface area contributed by atoms with Gasteiger partial charge in [-0.15, -0.1) is 0 Å². The maximum atomic E-state index is 10.5. The van der Waals surface area contributed by atoms with E-state index in [1.54, 1.807) is 6.07 Å². The first kappa shape index (κ1) is 13.8. The smallest absolute Gasteiger partial charge is 0.404 e. The van der Waals surface area contributed by atoms with Crippen LogP contribution in [0.4, 0.5) is 5.88 Å². The SMILES string of the molecule is C[C@H](NCc1ccc([N+](=O)[O-])o1)c1ccc(Br)cc1. The molecule has 1 heterocycles. The zero-order chi connectivity index (χ0) is 13.8. The summed E-state index contributed by atoms with van der Waals surface area (Å²) in [6, 6.07) is 11.1. The fourth-order valence-corrected chi connectivity index (χ4v) is 1.95. The molecule has 1 atom stereocenters. The Morgan fingerprint density at radius 1 is 1.32 bits per heavy atom.